The van der Waals surface area contributed by atoms with Crippen LogP contribution in [0.2, 0.25) is 0 Å². The largest absolute Gasteiger partial charge is 0.369 e. The Bertz CT molecular complexity index is 657. The molecule has 108 valence electrons. The lowest BCUT2D eigenvalue weighted by atomic mass is 10.1. The minimum Gasteiger partial charge on any atom is -0.369 e. The number of aryl methyl sites for hydroxylation is 1. The third kappa shape index (κ3) is 2.99. The van der Waals surface area contributed by atoms with Crippen LogP contribution in [0.3, 0.4) is 0 Å². The molecule has 0 atom stereocenters. The van der Waals surface area contributed by atoms with Crippen molar-refractivity contribution in [2.24, 2.45) is 0 Å². The number of nitrogens with zero attached hydrogens (tertiary/aromatic N) is 3. The van der Waals surface area contributed by atoms with Crippen molar-refractivity contribution < 1.29 is 4.79 Å². The summed E-state index contributed by atoms with van der Waals surface area (Å²) >= 11 is 0. The van der Waals surface area contributed by atoms with Crippen LogP contribution in [0.4, 0.5) is 5.82 Å². The van der Waals surface area contributed by atoms with Crippen molar-refractivity contribution in [2.75, 3.05) is 18.4 Å². The number of amides is 1. The van der Waals surface area contributed by atoms with E-state index in [0.29, 0.717) is 18.1 Å². The van der Waals surface area contributed by atoms with E-state index in [-0.39, 0.29) is 5.91 Å². The van der Waals surface area contributed by atoms with Crippen molar-refractivity contribution in [3.63, 3.8) is 0 Å². The van der Waals surface area contributed by atoms with Gasteiger partial charge in [0, 0.05) is 31.0 Å². The molecule has 21 heavy (non-hydrogen) atoms. The van der Waals surface area contributed by atoms with Gasteiger partial charge in [-0.25, -0.2) is 9.97 Å². The lowest BCUT2D eigenvalue weighted by Gasteiger charge is -2.19. The molecule has 0 radical (unpaired) electrons. The summed E-state index contributed by atoms with van der Waals surface area (Å²) < 4.78 is 0. The molecule has 2 aromatic heterocycles. The van der Waals surface area contributed by atoms with Gasteiger partial charge >= 0.3 is 0 Å². The van der Waals surface area contributed by atoms with Crippen LogP contribution in [0.1, 0.15) is 27.4 Å². The van der Waals surface area contributed by atoms with E-state index in [0.717, 1.165) is 30.8 Å². The number of anilines is 1. The molecule has 1 aliphatic rings. The summed E-state index contributed by atoms with van der Waals surface area (Å²) in [6, 6.07) is 3.97. The molecule has 0 aromatic carbocycles. The van der Waals surface area contributed by atoms with Crippen LogP contribution in [-0.2, 0) is 12.8 Å². The van der Waals surface area contributed by atoms with E-state index in [9.17, 15) is 4.79 Å². The van der Waals surface area contributed by atoms with Gasteiger partial charge in [-0.2, -0.15) is 0 Å². The number of rotatable bonds is 4. The van der Waals surface area contributed by atoms with Gasteiger partial charge in [0.05, 0.1) is 0 Å². The Morgan fingerprint density at radius 2 is 2.29 bits per heavy atom. The smallest absolute Gasteiger partial charge is 0.270 e. The van der Waals surface area contributed by atoms with Crippen LogP contribution in [0.5, 0.6) is 0 Å². The SMILES string of the molecule is Cc1nc(NCCc2cccnc2)c2c(n1)C(=O)NCC2. The summed E-state index contributed by atoms with van der Waals surface area (Å²) in [4.78, 5) is 24.6. The third-order valence-electron chi connectivity index (χ3n) is 3.42. The van der Waals surface area contributed by atoms with Gasteiger partial charge in [-0.15, -0.1) is 0 Å². The van der Waals surface area contributed by atoms with Crippen molar-refractivity contribution in [2.45, 2.75) is 19.8 Å². The van der Waals surface area contributed by atoms with Crippen LogP contribution < -0.4 is 10.6 Å². The fraction of sp³-hybridized carbons (Fsp3) is 0.333. The van der Waals surface area contributed by atoms with Gasteiger partial charge in [0.2, 0.25) is 0 Å². The van der Waals surface area contributed by atoms with E-state index >= 15 is 0 Å². The molecule has 2 N–H and O–H groups in total. The van der Waals surface area contributed by atoms with E-state index in [1.165, 1.54) is 5.56 Å². The van der Waals surface area contributed by atoms with Gasteiger partial charge in [-0.05, 0) is 31.4 Å². The molecule has 2 aromatic rings. The van der Waals surface area contributed by atoms with E-state index in [1.807, 2.05) is 18.3 Å². The molecule has 0 aliphatic carbocycles. The molecule has 6 heteroatoms. The predicted octanol–water partition coefficient (Wildman–Crippen LogP) is 1.12. The van der Waals surface area contributed by atoms with Gasteiger partial charge in [0.1, 0.15) is 17.3 Å². The highest BCUT2D eigenvalue weighted by atomic mass is 16.1. The lowest BCUT2D eigenvalue weighted by molar-refractivity contribution is 0.0940. The summed E-state index contributed by atoms with van der Waals surface area (Å²) in [5.41, 5.74) is 2.58. The van der Waals surface area contributed by atoms with Crippen molar-refractivity contribution in [3.8, 4) is 0 Å². The first kappa shape index (κ1) is 13.5. The zero-order chi connectivity index (χ0) is 14.7. The molecular weight excluding hydrogens is 266 g/mol. The van der Waals surface area contributed by atoms with E-state index in [4.69, 9.17) is 0 Å². The van der Waals surface area contributed by atoms with E-state index in [2.05, 4.69) is 25.6 Å². The Morgan fingerprint density at radius 1 is 1.38 bits per heavy atom. The highest BCUT2D eigenvalue weighted by Gasteiger charge is 2.22. The summed E-state index contributed by atoms with van der Waals surface area (Å²) in [5, 5.41) is 6.13. The second kappa shape index (κ2) is 5.87. The standard InChI is InChI=1S/C15H17N5O/c1-10-19-13-12(5-8-18-15(13)21)14(20-10)17-7-4-11-3-2-6-16-9-11/h2-3,6,9H,4-5,7-8H2,1H3,(H,18,21)(H,17,19,20). The first-order valence-corrected chi connectivity index (χ1v) is 7.02. The summed E-state index contributed by atoms with van der Waals surface area (Å²) in [6.07, 6.45) is 5.24. The molecule has 0 saturated carbocycles. The number of hydrogen-bond donors (Lipinski definition) is 2. The van der Waals surface area contributed by atoms with Crippen molar-refractivity contribution in [3.05, 3.63) is 47.2 Å². The molecule has 0 bridgehead atoms. The van der Waals surface area contributed by atoms with Crippen LogP contribution in [0.15, 0.2) is 24.5 Å². The fourth-order valence-electron chi connectivity index (χ4n) is 2.42. The quantitative estimate of drug-likeness (QED) is 0.879. The number of pyridine rings is 1. The van der Waals surface area contributed by atoms with Gasteiger partial charge in [0.25, 0.3) is 5.91 Å². The molecule has 6 nitrogen and oxygen atoms in total. The molecule has 1 aliphatic heterocycles. The summed E-state index contributed by atoms with van der Waals surface area (Å²) in [5.74, 6) is 1.27. The monoisotopic (exact) mass is 283 g/mol. The Balaban J connectivity index is 1.75. The fourth-order valence-corrected chi connectivity index (χ4v) is 2.42. The summed E-state index contributed by atoms with van der Waals surface area (Å²) in [6.45, 7) is 3.18. The Labute approximate surface area is 123 Å². The van der Waals surface area contributed by atoms with Gasteiger partial charge < -0.3 is 10.6 Å². The third-order valence-corrected chi connectivity index (χ3v) is 3.42. The minimum atomic E-state index is -0.114. The first-order valence-electron chi connectivity index (χ1n) is 7.02. The van der Waals surface area contributed by atoms with Crippen molar-refractivity contribution in [1.82, 2.24) is 20.3 Å². The highest BCUT2D eigenvalue weighted by molar-refractivity contribution is 5.95. The second-order valence-electron chi connectivity index (χ2n) is 4.99. The number of carbonyl (C=O) groups excluding carboxylic acids is 1. The Hall–Kier alpha value is -2.50. The summed E-state index contributed by atoms with van der Waals surface area (Å²) in [7, 11) is 0. The van der Waals surface area contributed by atoms with E-state index in [1.54, 1.807) is 13.1 Å². The maximum absolute atomic E-state index is 11.8. The molecular formula is C15H17N5O. The maximum Gasteiger partial charge on any atom is 0.270 e. The average molecular weight is 283 g/mol. The van der Waals surface area contributed by atoms with E-state index < -0.39 is 0 Å². The normalized spacial score (nSPS) is 13.5. The predicted molar refractivity (Wildman–Crippen MR) is 79.2 cm³/mol. The number of fused-ring (bicyclic) bond motifs is 1. The second-order valence-corrected chi connectivity index (χ2v) is 4.99. The van der Waals surface area contributed by atoms with Crippen LogP contribution >= 0.6 is 0 Å². The number of carbonyl (C=O) groups is 1. The number of hydrogen-bond acceptors (Lipinski definition) is 5. The minimum absolute atomic E-state index is 0.114. The van der Waals surface area contributed by atoms with Gasteiger partial charge in [-0.1, -0.05) is 6.07 Å². The molecule has 3 rings (SSSR count). The highest BCUT2D eigenvalue weighted by Crippen LogP contribution is 2.20. The maximum atomic E-state index is 11.8. The Kier molecular flexibility index (Phi) is 3.77. The molecule has 0 spiro atoms. The number of nitrogens with one attached hydrogen (secondary N) is 2. The molecule has 0 saturated heterocycles. The lowest BCUT2D eigenvalue weighted by Crippen LogP contribution is -2.34. The van der Waals surface area contributed by atoms with Crippen molar-refractivity contribution >= 4 is 11.7 Å². The molecule has 3 heterocycles. The van der Waals surface area contributed by atoms with Crippen molar-refractivity contribution in [1.29, 1.82) is 0 Å². The molecule has 1 amide bonds. The van der Waals surface area contributed by atoms with Crippen LogP contribution in [-0.4, -0.2) is 33.9 Å². The Morgan fingerprint density at radius 3 is 3.10 bits per heavy atom. The average Bonchev–Trinajstić information content (AvgIpc) is 2.49. The van der Waals surface area contributed by atoms with Gasteiger partial charge in [-0.3, -0.25) is 9.78 Å². The zero-order valence-corrected chi connectivity index (χ0v) is 11.9. The molecule has 0 unspecified atom stereocenters. The molecule has 0 fully saturated rings. The van der Waals surface area contributed by atoms with Gasteiger partial charge in [0.15, 0.2) is 0 Å². The number of aromatic nitrogens is 3. The van der Waals surface area contributed by atoms with Crippen LogP contribution in [0.25, 0.3) is 0 Å². The first-order chi connectivity index (χ1) is 10.2. The topological polar surface area (TPSA) is 79.8 Å². The zero-order valence-electron chi connectivity index (χ0n) is 11.9. The van der Waals surface area contributed by atoms with Crippen LogP contribution in [0, 0.1) is 6.92 Å².